The number of hydrogen-bond donors (Lipinski definition) is 1. The van der Waals surface area contributed by atoms with Gasteiger partial charge in [-0.15, -0.1) is 6.42 Å². The molecule has 0 saturated heterocycles. The molecule has 0 atom stereocenters. The van der Waals surface area contributed by atoms with Gasteiger partial charge >= 0.3 is 0 Å². The van der Waals surface area contributed by atoms with Gasteiger partial charge in [0, 0.05) is 13.0 Å². The van der Waals surface area contributed by atoms with Crippen LogP contribution >= 0.6 is 23.2 Å². The molecule has 84 valence electrons. The van der Waals surface area contributed by atoms with Gasteiger partial charge in [-0.1, -0.05) is 29.1 Å². The van der Waals surface area contributed by atoms with Gasteiger partial charge in [0.15, 0.2) is 0 Å². The summed E-state index contributed by atoms with van der Waals surface area (Å²) >= 11 is 11.8. The number of amides is 1. The minimum absolute atomic E-state index is 0.0981. The van der Waals surface area contributed by atoms with Crippen molar-refractivity contribution in [3.63, 3.8) is 0 Å². The first kappa shape index (κ1) is 12.7. The summed E-state index contributed by atoms with van der Waals surface area (Å²) in [6.45, 7) is 1.48. The largest absolute Gasteiger partial charge is 0.479 e. The van der Waals surface area contributed by atoms with Gasteiger partial charge in [0.25, 0.3) is 0 Å². The van der Waals surface area contributed by atoms with Crippen LogP contribution in [0.1, 0.15) is 6.92 Å². The van der Waals surface area contributed by atoms with Gasteiger partial charge in [0.2, 0.25) is 5.91 Å². The summed E-state index contributed by atoms with van der Waals surface area (Å²) in [6, 6.07) is 3.02. The van der Waals surface area contributed by atoms with E-state index in [1.165, 1.54) is 19.1 Å². The molecule has 0 bridgehead atoms. The van der Waals surface area contributed by atoms with Crippen LogP contribution in [0, 0.1) is 12.3 Å². The number of halogens is 2. The van der Waals surface area contributed by atoms with Crippen molar-refractivity contribution in [2.45, 2.75) is 6.92 Å². The van der Waals surface area contributed by atoms with E-state index < -0.39 is 0 Å². The summed E-state index contributed by atoms with van der Waals surface area (Å²) in [4.78, 5) is 10.9. The molecule has 0 aliphatic heterocycles. The van der Waals surface area contributed by atoms with Crippen molar-refractivity contribution in [2.24, 2.45) is 0 Å². The first-order chi connectivity index (χ1) is 7.54. The third kappa shape index (κ3) is 3.34. The Morgan fingerprint density at radius 1 is 1.50 bits per heavy atom. The van der Waals surface area contributed by atoms with Crippen LogP contribution in [0.4, 0.5) is 5.69 Å². The summed E-state index contributed by atoms with van der Waals surface area (Å²) in [5.74, 6) is 2.47. The highest BCUT2D eigenvalue weighted by molar-refractivity contribution is 6.37. The van der Waals surface area contributed by atoms with Crippen molar-refractivity contribution in [2.75, 3.05) is 11.9 Å². The number of rotatable bonds is 3. The maximum Gasteiger partial charge on any atom is 0.221 e. The highest BCUT2D eigenvalue weighted by Gasteiger charge is 2.09. The Balaban J connectivity index is 3.02. The predicted molar refractivity (Wildman–Crippen MR) is 65.1 cm³/mol. The molecule has 0 radical (unpaired) electrons. The van der Waals surface area contributed by atoms with Crippen molar-refractivity contribution >= 4 is 34.8 Å². The predicted octanol–water partition coefficient (Wildman–Crippen LogP) is 2.96. The van der Waals surface area contributed by atoms with Gasteiger partial charge in [-0.2, -0.15) is 0 Å². The molecule has 5 heteroatoms. The maximum absolute atomic E-state index is 10.9. The zero-order chi connectivity index (χ0) is 12.1. The van der Waals surface area contributed by atoms with Crippen LogP contribution in [-0.2, 0) is 4.79 Å². The van der Waals surface area contributed by atoms with Crippen molar-refractivity contribution in [1.29, 1.82) is 0 Å². The fraction of sp³-hybridized carbons (Fsp3) is 0.182. The molecule has 1 aromatic rings. The molecule has 0 aliphatic carbocycles. The van der Waals surface area contributed by atoms with E-state index in [1.807, 2.05) is 0 Å². The van der Waals surface area contributed by atoms with Gasteiger partial charge in [-0.05, 0) is 6.07 Å². The molecule has 0 aliphatic rings. The lowest BCUT2D eigenvalue weighted by Crippen LogP contribution is -2.06. The van der Waals surface area contributed by atoms with Crippen molar-refractivity contribution in [1.82, 2.24) is 0 Å². The van der Waals surface area contributed by atoms with Crippen LogP contribution in [0.2, 0.25) is 10.0 Å². The lowest BCUT2D eigenvalue weighted by molar-refractivity contribution is -0.114. The van der Waals surface area contributed by atoms with Gasteiger partial charge in [0.05, 0.1) is 15.7 Å². The van der Waals surface area contributed by atoms with E-state index in [0.29, 0.717) is 21.5 Å². The van der Waals surface area contributed by atoms with Crippen molar-refractivity contribution in [3.05, 3.63) is 22.2 Å². The van der Waals surface area contributed by atoms with Crippen LogP contribution in [0.3, 0.4) is 0 Å². The van der Waals surface area contributed by atoms with Gasteiger partial charge in [-0.25, -0.2) is 0 Å². The Kier molecular flexibility index (Phi) is 4.48. The molecule has 1 aromatic carbocycles. The summed E-state index contributed by atoms with van der Waals surface area (Å²) in [7, 11) is 0. The maximum atomic E-state index is 10.9. The van der Waals surface area contributed by atoms with Crippen LogP contribution in [0.5, 0.6) is 5.75 Å². The molecular weight excluding hydrogens is 249 g/mol. The highest BCUT2D eigenvalue weighted by Crippen LogP contribution is 2.34. The van der Waals surface area contributed by atoms with Gasteiger partial charge in [-0.3, -0.25) is 4.79 Å². The Morgan fingerprint density at radius 3 is 2.75 bits per heavy atom. The topological polar surface area (TPSA) is 38.3 Å². The first-order valence-electron chi connectivity index (χ1n) is 4.37. The number of terminal acetylenes is 1. The van der Waals surface area contributed by atoms with E-state index in [1.54, 1.807) is 0 Å². The lowest BCUT2D eigenvalue weighted by atomic mass is 10.3. The van der Waals surface area contributed by atoms with E-state index in [2.05, 4.69) is 11.2 Å². The van der Waals surface area contributed by atoms with Crippen LogP contribution in [0.15, 0.2) is 12.1 Å². The fourth-order valence-electron chi connectivity index (χ4n) is 1.04. The van der Waals surface area contributed by atoms with Crippen LogP contribution < -0.4 is 10.1 Å². The smallest absolute Gasteiger partial charge is 0.221 e. The van der Waals surface area contributed by atoms with E-state index in [-0.39, 0.29) is 12.5 Å². The van der Waals surface area contributed by atoms with Gasteiger partial charge < -0.3 is 10.1 Å². The van der Waals surface area contributed by atoms with Gasteiger partial charge in [0.1, 0.15) is 12.4 Å². The number of carbonyl (C=O) groups is 1. The third-order valence-electron chi connectivity index (χ3n) is 1.64. The van der Waals surface area contributed by atoms with E-state index >= 15 is 0 Å². The first-order valence-corrected chi connectivity index (χ1v) is 5.13. The van der Waals surface area contributed by atoms with Crippen LogP contribution in [0.25, 0.3) is 0 Å². The SMILES string of the molecule is C#CCOc1cc(NC(C)=O)c(Cl)cc1Cl. The third-order valence-corrected chi connectivity index (χ3v) is 2.25. The van der Waals surface area contributed by atoms with Crippen molar-refractivity contribution < 1.29 is 9.53 Å². The Morgan fingerprint density at radius 2 is 2.19 bits per heavy atom. The number of nitrogens with one attached hydrogen (secondary N) is 1. The lowest BCUT2D eigenvalue weighted by Gasteiger charge is -2.10. The molecule has 3 nitrogen and oxygen atoms in total. The van der Waals surface area contributed by atoms with E-state index in [4.69, 9.17) is 34.4 Å². The summed E-state index contributed by atoms with van der Waals surface area (Å²) in [6.07, 6.45) is 5.06. The molecule has 0 heterocycles. The zero-order valence-corrected chi connectivity index (χ0v) is 10.0. The van der Waals surface area contributed by atoms with Crippen molar-refractivity contribution in [3.8, 4) is 18.1 Å². The second-order valence-corrected chi connectivity index (χ2v) is 3.75. The molecule has 0 unspecified atom stereocenters. The quantitative estimate of drug-likeness (QED) is 0.846. The fourth-order valence-corrected chi connectivity index (χ4v) is 1.53. The number of benzene rings is 1. The van der Waals surface area contributed by atoms with E-state index in [9.17, 15) is 4.79 Å². The zero-order valence-electron chi connectivity index (χ0n) is 8.51. The Bertz CT molecular complexity index is 452. The molecular formula is C11H9Cl2NO2. The normalized spacial score (nSPS) is 9.38. The molecule has 1 amide bonds. The minimum atomic E-state index is -0.230. The van der Waals surface area contributed by atoms with E-state index in [0.717, 1.165) is 0 Å². The average molecular weight is 258 g/mol. The Hall–Kier alpha value is -1.37. The number of ether oxygens (including phenoxy) is 1. The minimum Gasteiger partial charge on any atom is -0.479 e. The monoisotopic (exact) mass is 257 g/mol. The number of hydrogen-bond acceptors (Lipinski definition) is 2. The van der Waals surface area contributed by atoms with Crippen LogP contribution in [-0.4, -0.2) is 12.5 Å². The standard InChI is InChI=1S/C11H9Cl2NO2/c1-3-4-16-11-6-10(14-7(2)15)8(12)5-9(11)13/h1,5-6H,4H2,2H3,(H,14,15). The summed E-state index contributed by atoms with van der Waals surface area (Å²) in [5, 5.41) is 3.24. The molecule has 16 heavy (non-hydrogen) atoms. The molecule has 1 rings (SSSR count). The summed E-state index contributed by atoms with van der Waals surface area (Å²) < 4.78 is 5.19. The second-order valence-electron chi connectivity index (χ2n) is 2.94. The molecule has 0 aromatic heterocycles. The molecule has 0 spiro atoms. The molecule has 1 N–H and O–H groups in total. The highest BCUT2D eigenvalue weighted by atomic mass is 35.5. The Labute approximate surface area is 104 Å². The number of carbonyl (C=O) groups excluding carboxylic acids is 1. The molecule has 0 saturated carbocycles. The summed E-state index contributed by atoms with van der Waals surface area (Å²) in [5.41, 5.74) is 0.436. The second kappa shape index (κ2) is 5.64. The molecule has 0 fully saturated rings. The average Bonchev–Trinajstić information content (AvgIpc) is 2.20. The number of anilines is 1.